The van der Waals surface area contributed by atoms with Gasteiger partial charge in [0.25, 0.3) is 5.91 Å². The Morgan fingerprint density at radius 1 is 1.21 bits per heavy atom. The van der Waals surface area contributed by atoms with Crippen LogP contribution in [0.4, 0.5) is 18.9 Å². The molecule has 0 saturated heterocycles. The number of halogens is 4. The van der Waals surface area contributed by atoms with Crippen LogP contribution in [-0.2, 0) is 0 Å². The molecule has 0 unspecified atom stereocenters. The Morgan fingerprint density at radius 3 is 2.68 bits per heavy atom. The summed E-state index contributed by atoms with van der Waals surface area (Å²) in [4.78, 5) is 12.6. The first-order valence-corrected chi connectivity index (χ1v) is 8.40. The van der Waals surface area contributed by atoms with Gasteiger partial charge in [-0.05, 0) is 37.3 Å². The number of nitrogens with one attached hydrogen (secondary N) is 1. The van der Waals surface area contributed by atoms with Crippen molar-refractivity contribution < 1.29 is 22.7 Å². The first-order chi connectivity index (χ1) is 13.2. The van der Waals surface area contributed by atoms with E-state index in [9.17, 15) is 18.0 Å². The lowest BCUT2D eigenvalue weighted by Crippen LogP contribution is -2.20. The van der Waals surface area contributed by atoms with Crippen LogP contribution >= 0.6 is 11.6 Å². The third-order valence-electron chi connectivity index (χ3n) is 3.69. The first-order valence-electron chi connectivity index (χ1n) is 8.03. The van der Waals surface area contributed by atoms with E-state index in [1.54, 1.807) is 37.3 Å². The van der Waals surface area contributed by atoms with Crippen LogP contribution in [-0.4, -0.2) is 33.7 Å². The highest BCUT2D eigenvalue weighted by Crippen LogP contribution is 2.27. The molecule has 28 heavy (non-hydrogen) atoms. The molecule has 0 atom stereocenters. The summed E-state index contributed by atoms with van der Waals surface area (Å²) in [6.07, 6.45) is -4.49. The molecular formula is C18H14ClF3N4O2. The van der Waals surface area contributed by atoms with Gasteiger partial charge in [-0.2, -0.15) is 13.2 Å². The Balaban J connectivity index is 1.81. The SMILES string of the molecule is Cc1c(C(=O)Nc2ccccc2OCC(F)(F)F)nnn1-c1cccc(Cl)c1. The number of nitrogens with zero attached hydrogens (tertiary/aromatic N) is 3. The number of carbonyl (C=O) groups is 1. The molecular weight excluding hydrogens is 397 g/mol. The molecule has 3 rings (SSSR count). The minimum absolute atomic E-state index is 0.0191. The summed E-state index contributed by atoms with van der Waals surface area (Å²) < 4.78 is 43.4. The third-order valence-corrected chi connectivity index (χ3v) is 3.92. The summed E-state index contributed by atoms with van der Waals surface area (Å²) in [5.41, 5.74) is 1.16. The van der Waals surface area contributed by atoms with Gasteiger partial charge >= 0.3 is 6.18 Å². The number of hydrogen-bond donors (Lipinski definition) is 1. The van der Waals surface area contributed by atoms with Gasteiger partial charge in [0.15, 0.2) is 12.3 Å². The molecule has 1 aromatic heterocycles. The molecule has 6 nitrogen and oxygen atoms in total. The van der Waals surface area contributed by atoms with Crippen LogP contribution in [0.1, 0.15) is 16.2 Å². The summed E-state index contributed by atoms with van der Waals surface area (Å²) in [5.74, 6) is -0.734. The average Bonchev–Trinajstić information content (AvgIpc) is 3.02. The van der Waals surface area contributed by atoms with E-state index in [1.165, 1.54) is 22.9 Å². The fourth-order valence-corrected chi connectivity index (χ4v) is 2.61. The van der Waals surface area contributed by atoms with E-state index < -0.39 is 18.7 Å². The quantitative estimate of drug-likeness (QED) is 0.676. The number of amides is 1. The highest BCUT2D eigenvalue weighted by Gasteiger charge is 2.29. The van der Waals surface area contributed by atoms with Gasteiger partial charge in [0, 0.05) is 5.02 Å². The molecule has 0 spiro atoms. The second kappa shape index (κ2) is 7.89. The fourth-order valence-electron chi connectivity index (χ4n) is 2.43. The average molecular weight is 411 g/mol. The maximum Gasteiger partial charge on any atom is 0.422 e. The number of ether oxygens (including phenoxy) is 1. The minimum atomic E-state index is -4.49. The van der Waals surface area contributed by atoms with Crippen LogP contribution in [0, 0.1) is 6.92 Å². The van der Waals surface area contributed by atoms with Crippen molar-refractivity contribution in [2.24, 2.45) is 0 Å². The molecule has 0 radical (unpaired) electrons. The van der Waals surface area contributed by atoms with Crippen LogP contribution in [0.25, 0.3) is 5.69 Å². The number of para-hydroxylation sites is 2. The molecule has 1 heterocycles. The van der Waals surface area contributed by atoms with Crippen LogP contribution in [0.15, 0.2) is 48.5 Å². The normalized spacial score (nSPS) is 11.3. The van der Waals surface area contributed by atoms with Crippen molar-refractivity contribution in [3.05, 3.63) is 64.9 Å². The third kappa shape index (κ3) is 4.61. The van der Waals surface area contributed by atoms with E-state index in [-0.39, 0.29) is 17.1 Å². The minimum Gasteiger partial charge on any atom is -0.482 e. The molecule has 1 N–H and O–H groups in total. The standard InChI is InChI=1S/C18H14ClF3N4O2/c1-11-16(24-25-26(11)13-6-4-5-12(19)9-13)17(27)23-14-7-2-3-8-15(14)28-10-18(20,21)22/h2-9H,10H2,1H3,(H,23,27). The second-order valence-electron chi connectivity index (χ2n) is 5.77. The molecule has 0 aliphatic carbocycles. The van der Waals surface area contributed by atoms with Crippen molar-refractivity contribution >= 4 is 23.2 Å². The van der Waals surface area contributed by atoms with Crippen molar-refractivity contribution in [1.82, 2.24) is 15.0 Å². The fraction of sp³-hybridized carbons (Fsp3) is 0.167. The lowest BCUT2D eigenvalue weighted by atomic mass is 10.2. The van der Waals surface area contributed by atoms with Gasteiger partial charge in [-0.3, -0.25) is 4.79 Å². The highest BCUT2D eigenvalue weighted by atomic mass is 35.5. The monoisotopic (exact) mass is 410 g/mol. The maximum absolute atomic E-state index is 12.6. The van der Waals surface area contributed by atoms with Crippen molar-refractivity contribution in [3.63, 3.8) is 0 Å². The smallest absolute Gasteiger partial charge is 0.422 e. The van der Waals surface area contributed by atoms with E-state index in [1.807, 2.05) is 0 Å². The molecule has 0 saturated carbocycles. The number of benzene rings is 2. The van der Waals surface area contributed by atoms with E-state index in [0.717, 1.165) is 0 Å². The van der Waals surface area contributed by atoms with Gasteiger partial charge in [-0.25, -0.2) is 4.68 Å². The molecule has 146 valence electrons. The molecule has 0 bridgehead atoms. The number of anilines is 1. The molecule has 3 aromatic rings. The Bertz CT molecular complexity index is 1000. The van der Waals surface area contributed by atoms with Crippen molar-refractivity contribution in [3.8, 4) is 11.4 Å². The van der Waals surface area contributed by atoms with E-state index in [4.69, 9.17) is 16.3 Å². The number of aromatic nitrogens is 3. The van der Waals surface area contributed by atoms with Crippen molar-refractivity contribution in [2.45, 2.75) is 13.1 Å². The largest absolute Gasteiger partial charge is 0.482 e. The van der Waals surface area contributed by atoms with Crippen LogP contribution < -0.4 is 10.1 Å². The first kappa shape index (κ1) is 19.7. The molecule has 1 amide bonds. The van der Waals surface area contributed by atoms with Crippen molar-refractivity contribution in [2.75, 3.05) is 11.9 Å². The van der Waals surface area contributed by atoms with Crippen LogP contribution in [0.2, 0.25) is 5.02 Å². The molecule has 0 aliphatic heterocycles. The van der Waals surface area contributed by atoms with Gasteiger partial charge in [-0.1, -0.05) is 35.0 Å². The van der Waals surface area contributed by atoms with Crippen LogP contribution in [0.5, 0.6) is 5.75 Å². The summed E-state index contributed by atoms with van der Waals surface area (Å²) in [6, 6.07) is 12.7. The number of carbonyl (C=O) groups excluding carboxylic acids is 1. The van der Waals surface area contributed by atoms with Crippen molar-refractivity contribution in [1.29, 1.82) is 0 Å². The van der Waals surface area contributed by atoms with E-state index in [0.29, 0.717) is 16.4 Å². The Morgan fingerprint density at radius 2 is 1.96 bits per heavy atom. The van der Waals surface area contributed by atoms with Gasteiger partial charge in [0.05, 0.1) is 17.1 Å². The van der Waals surface area contributed by atoms with Gasteiger partial charge in [-0.15, -0.1) is 5.10 Å². The molecule has 0 fully saturated rings. The highest BCUT2D eigenvalue weighted by molar-refractivity contribution is 6.30. The second-order valence-corrected chi connectivity index (χ2v) is 6.21. The zero-order chi connectivity index (χ0) is 20.3. The lowest BCUT2D eigenvalue weighted by molar-refractivity contribution is -0.153. The Hall–Kier alpha value is -3.07. The zero-order valence-corrected chi connectivity index (χ0v) is 15.3. The van der Waals surface area contributed by atoms with Gasteiger partial charge in [0.1, 0.15) is 5.75 Å². The topological polar surface area (TPSA) is 69.0 Å². The molecule has 10 heteroatoms. The maximum atomic E-state index is 12.6. The summed E-state index contributed by atoms with van der Waals surface area (Å²) in [7, 11) is 0. The van der Waals surface area contributed by atoms with E-state index in [2.05, 4.69) is 15.6 Å². The Labute approximate surface area is 162 Å². The predicted molar refractivity (Wildman–Crippen MR) is 97.1 cm³/mol. The predicted octanol–water partition coefficient (Wildman–Crippen LogP) is 4.42. The zero-order valence-electron chi connectivity index (χ0n) is 14.5. The van der Waals surface area contributed by atoms with Crippen LogP contribution in [0.3, 0.4) is 0 Å². The number of rotatable bonds is 5. The summed E-state index contributed by atoms with van der Waals surface area (Å²) >= 11 is 5.97. The van der Waals surface area contributed by atoms with Gasteiger partial charge < -0.3 is 10.1 Å². The number of alkyl halides is 3. The molecule has 2 aromatic carbocycles. The number of hydrogen-bond acceptors (Lipinski definition) is 4. The molecule has 0 aliphatic rings. The summed E-state index contributed by atoms with van der Waals surface area (Å²) in [5, 5.41) is 10.8. The Kier molecular flexibility index (Phi) is 5.55. The summed E-state index contributed by atoms with van der Waals surface area (Å²) in [6.45, 7) is 0.172. The van der Waals surface area contributed by atoms with E-state index >= 15 is 0 Å². The lowest BCUT2D eigenvalue weighted by Gasteiger charge is -2.13. The van der Waals surface area contributed by atoms with Gasteiger partial charge in [0.2, 0.25) is 0 Å².